The zero-order valence-corrected chi connectivity index (χ0v) is 13.4. The van der Waals surface area contributed by atoms with E-state index in [0.717, 1.165) is 24.3 Å². The molecule has 2 heteroatoms. The Morgan fingerprint density at radius 1 is 1.35 bits per heavy atom. The fraction of sp³-hybridized carbons (Fsp3) is 0.733. The Morgan fingerprint density at radius 3 is 2.59 bits per heavy atom. The van der Waals surface area contributed by atoms with Gasteiger partial charge in [0.05, 0.1) is 0 Å². The first-order valence-electron chi connectivity index (χ1n) is 6.48. The molecule has 0 amide bonds. The fourth-order valence-electron chi connectivity index (χ4n) is 3.55. The van der Waals surface area contributed by atoms with E-state index in [1.165, 1.54) is 24.0 Å². The number of alkyl halides is 1. The summed E-state index contributed by atoms with van der Waals surface area (Å²) in [5.41, 5.74) is 3.24. The van der Waals surface area contributed by atoms with Crippen LogP contribution in [0.2, 0.25) is 0 Å². The van der Waals surface area contributed by atoms with Crippen molar-refractivity contribution in [3.63, 3.8) is 0 Å². The lowest BCUT2D eigenvalue weighted by molar-refractivity contribution is 0.0655. The minimum Gasteiger partial charge on any atom is -0.0993 e. The summed E-state index contributed by atoms with van der Waals surface area (Å²) in [6.07, 6.45) is 5.68. The van der Waals surface area contributed by atoms with Crippen LogP contribution in [-0.2, 0) is 0 Å². The van der Waals surface area contributed by atoms with E-state index >= 15 is 0 Å². The third-order valence-corrected chi connectivity index (χ3v) is 7.30. The lowest BCUT2D eigenvalue weighted by atomic mass is 9.51. The van der Waals surface area contributed by atoms with Gasteiger partial charge in [0.2, 0.25) is 0 Å². The molecule has 0 aromatic carbocycles. The first-order chi connectivity index (χ1) is 7.81. The van der Waals surface area contributed by atoms with Crippen molar-refractivity contribution in [3.8, 4) is 0 Å². The molecule has 0 aromatic rings. The van der Waals surface area contributed by atoms with Gasteiger partial charge >= 0.3 is 0 Å². The van der Waals surface area contributed by atoms with Crippen LogP contribution in [0.1, 0.15) is 52.9 Å². The Bertz CT molecular complexity index is 380. The lowest BCUT2D eigenvalue weighted by Crippen LogP contribution is -2.49. The second-order valence-corrected chi connectivity index (χ2v) is 7.84. The fourth-order valence-corrected chi connectivity index (χ4v) is 4.54. The van der Waals surface area contributed by atoms with Gasteiger partial charge in [0, 0.05) is 15.3 Å². The maximum absolute atomic E-state index is 6.45. The van der Waals surface area contributed by atoms with Crippen molar-refractivity contribution in [2.45, 2.75) is 57.7 Å². The van der Waals surface area contributed by atoms with Crippen LogP contribution in [0.15, 0.2) is 22.8 Å². The molecule has 0 saturated heterocycles. The van der Waals surface area contributed by atoms with Crippen molar-refractivity contribution < 1.29 is 0 Å². The first-order valence-corrected chi connectivity index (χ1v) is 7.77. The molecule has 0 N–H and O–H groups in total. The Kier molecular flexibility index (Phi) is 3.55. The van der Waals surface area contributed by atoms with E-state index in [0.29, 0.717) is 4.83 Å². The summed E-state index contributed by atoms with van der Waals surface area (Å²) >= 11 is 10.3. The van der Waals surface area contributed by atoms with E-state index in [2.05, 4.69) is 43.3 Å². The highest BCUT2D eigenvalue weighted by Crippen LogP contribution is 2.62. The molecule has 0 nitrogen and oxygen atoms in total. The summed E-state index contributed by atoms with van der Waals surface area (Å²) in [6.45, 7) is 11.3. The summed E-state index contributed by atoms with van der Waals surface area (Å²) in [7, 11) is 0. The molecule has 0 unspecified atom stereocenters. The third kappa shape index (κ3) is 1.94. The molecule has 0 radical (unpaired) electrons. The maximum Gasteiger partial charge on any atom is 0.0208 e. The largest absolute Gasteiger partial charge is 0.0993 e. The quantitative estimate of drug-likeness (QED) is 0.391. The monoisotopic (exact) mass is 316 g/mol. The zero-order chi connectivity index (χ0) is 12.8. The van der Waals surface area contributed by atoms with Gasteiger partial charge in [-0.25, -0.2) is 0 Å². The summed E-state index contributed by atoms with van der Waals surface area (Å²) in [5, 5.41) is 1.08. The molecule has 2 atom stereocenters. The summed E-state index contributed by atoms with van der Waals surface area (Å²) < 4.78 is 0. The van der Waals surface area contributed by atoms with E-state index in [-0.39, 0.29) is 10.8 Å². The molecule has 2 rings (SSSR count). The Hall–Kier alpha value is 0.250. The van der Waals surface area contributed by atoms with Crippen molar-refractivity contribution >= 4 is 27.5 Å². The van der Waals surface area contributed by atoms with Gasteiger partial charge in [0.15, 0.2) is 0 Å². The van der Waals surface area contributed by atoms with Crippen LogP contribution in [0.3, 0.4) is 0 Å². The molecule has 1 fully saturated rings. The van der Waals surface area contributed by atoms with Gasteiger partial charge < -0.3 is 0 Å². The summed E-state index contributed by atoms with van der Waals surface area (Å²) in [6, 6.07) is 0. The van der Waals surface area contributed by atoms with Crippen LogP contribution >= 0.6 is 27.5 Å². The smallest absolute Gasteiger partial charge is 0.0208 e. The zero-order valence-electron chi connectivity index (χ0n) is 11.1. The van der Waals surface area contributed by atoms with Crippen LogP contribution in [-0.4, -0.2) is 4.83 Å². The molecule has 96 valence electrons. The number of hydrogen-bond acceptors (Lipinski definition) is 0. The predicted molar refractivity (Wildman–Crippen MR) is 79.7 cm³/mol. The van der Waals surface area contributed by atoms with Gasteiger partial charge in [0.1, 0.15) is 0 Å². The highest BCUT2D eigenvalue weighted by atomic mass is 79.9. The van der Waals surface area contributed by atoms with E-state index < -0.39 is 0 Å². The number of allylic oxidation sites excluding steroid dienone is 3. The summed E-state index contributed by atoms with van der Waals surface area (Å²) in [4.78, 5) is 0.573. The molecule has 0 aliphatic heterocycles. The van der Waals surface area contributed by atoms with E-state index in [1.54, 1.807) is 0 Å². The molecule has 0 aromatic heterocycles. The van der Waals surface area contributed by atoms with Crippen LogP contribution in [0, 0.1) is 10.8 Å². The maximum atomic E-state index is 6.45. The Labute approximate surface area is 119 Å². The van der Waals surface area contributed by atoms with Crippen LogP contribution in [0.25, 0.3) is 0 Å². The molecule has 1 saturated carbocycles. The van der Waals surface area contributed by atoms with Gasteiger partial charge in [-0.1, -0.05) is 59.1 Å². The number of rotatable bonds is 0. The second-order valence-electron chi connectivity index (χ2n) is 6.28. The van der Waals surface area contributed by atoms with Crippen molar-refractivity contribution in [3.05, 3.63) is 22.8 Å². The van der Waals surface area contributed by atoms with Crippen LogP contribution < -0.4 is 0 Å². The standard InChI is InChI=1S/C15H22BrCl/c1-10-7-8-15(9-12(10)17)11(2)5-6-13(16)14(15,3)4/h13H,2,5-9H2,1,3-4H3/t13-,15-/m1/s1. The molecule has 17 heavy (non-hydrogen) atoms. The van der Waals surface area contributed by atoms with Gasteiger partial charge in [-0.3, -0.25) is 0 Å². The average Bonchev–Trinajstić information content (AvgIpc) is 2.27. The van der Waals surface area contributed by atoms with Crippen LogP contribution in [0.5, 0.6) is 0 Å². The SMILES string of the molecule is C=C1CC[C@@H](Br)C(C)(C)[C@@]12CCC(C)=C(Cl)C2. The molecule has 2 aliphatic rings. The van der Waals surface area contributed by atoms with Crippen molar-refractivity contribution in [1.29, 1.82) is 0 Å². The molecule has 0 bridgehead atoms. The molecule has 1 spiro atoms. The number of hydrogen-bond donors (Lipinski definition) is 0. The summed E-state index contributed by atoms with van der Waals surface area (Å²) in [5.74, 6) is 0. The minimum absolute atomic E-state index is 0.204. The van der Waals surface area contributed by atoms with E-state index in [1.807, 2.05) is 0 Å². The van der Waals surface area contributed by atoms with Crippen molar-refractivity contribution in [2.24, 2.45) is 10.8 Å². The van der Waals surface area contributed by atoms with E-state index in [9.17, 15) is 0 Å². The van der Waals surface area contributed by atoms with Crippen molar-refractivity contribution in [2.75, 3.05) is 0 Å². The Balaban J connectivity index is 2.43. The minimum atomic E-state index is 0.204. The molecular formula is C15H22BrCl. The van der Waals surface area contributed by atoms with Gasteiger partial charge in [-0.2, -0.15) is 0 Å². The topological polar surface area (TPSA) is 0 Å². The van der Waals surface area contributed by atoms with E-state index in [4.69, 9.17) is 11.6 Å². The van der Waals surface area contributed by atoms with Gasteiger partial charge in [0.25, 0.3) is 0 Å². The van der Waals surface area contributed by atoms with Gasteiger partial charge in [-0.15, -0.1) is 0 Å². The number of halogens is 2. The predicted octanol–water partition coefficient (Wildman–Crippen LogP) is 5.81. The normalized spacial score (nSPS) is 37.7. The molecule has 2 aliphatic carbocycles. The highest BCUT2D eigenvalue weighted by Gasteiger charge is 2.53. The van der Waals surface area contributed by atoms with Gasteiger partial charge in [-0.05, 0) is 44.4 Å². The third-order valence-electron chi connectivity index (χ3n) is 5.24. The van der Waals surface area contributed by atoms with Crippen molar-refractivity contribution in [1.82, 2.24) is 0 Å². The molecule has 0 heterocycles. The second kappa shape index (κ2) is 4.42. The lowest BCUT2D eigenvalue weighted by Gasteiger charge is -2.56. The Morgan fingerprint density at radius 2 is 2.00 bits per heavy atom. The highest BCUT2D eigenvalue weighted by molar-refractivity contribution is 9.09. The first kappa shape index (κ1) is 13.7. The average molecular weight is 318 g/mol. The van der Waals surface area contributed by atoms with Crippen LogP contribution in [0.4, 0.5) is 0 Å². The molecular weight excluding hydrogens is 296 g/mol.